The van der Waals surface area contributed by atoms with Gasteiger partial charge in [0.05, 0.1) is 29.7 Å². The van der Waals surface area contributed by atoms with Crippen LogP contribution in [0.3, 0.4) is 0 Å². The van der Waals surface area contributed by atoms with E-state index in [4.69, 9.17) is 14.2 Å². The normalized spacial score (nSPS) is 18.7. The molecular weight excluding hydrogens is 380 g/mol. The molecule has 3 aromatic rings. The zero-order valence-electron chi connectivity index (χ0n) is 16.4. The summed E-state index contributed by atoms with van der Waals surface area (Å²) in [6.07, 6.45) is 3.03. The lowest BCUT2D eigenvalue weighted by atomic mass is 10.0. The lowest BCUT2D eigenvalue weighted by Gasteiger charge is -2.35. The number of nitrogens with one attached hydrogen (secondary N) is 1. The number of hydrogen-bond donors (Lipinski definition) is 1. The minimum absolute atomic E-state index is 0.127. The molecule has 150 valence electrons. The Morgan fingerprint density at radius 1 is 1.36 bits per heavy atom. The third-order valence-corrected chi connectivity index (χ3v) is 7.58. The standard InChI is InChI=1S/C19H24N4O4S/c1-12-11-26-9-8-23(12)15-10-13(19(2,3)28(4,24)25)18-17(21-15)16(22-27-18)14-6-5-7-20-14/h5-7,10,12,20H,8-9,11H2,1-4H3/t12-/m1/s1. The second-order valence-corrected chi connectivity index (χ2v) is 10.3. The maximum Gasteiger partial charge on any atom is 0.190 e. The summed E-state index contributed by atoms with van der Waals surface area (Å²) < 4.78 is 35.1. The topological polar surface area (TPSA) is 101 Å². The third-order valence-electron chi connectivity index (χ3n) is 5.50. The number of morpholine rings is 1. The van der Waals surface area contributed by atoms with Crippen molar-refractivity contribution in [1.82, 2.24) is 15.1 Å². The van der Waals surface area contributed by atoms with E-state index in [1.807, 2.05) is 18.2 Å². The van der Waals surface area contributed by atoms with Crippen LogP contribution < -0.4 is 4.90 Å². The van der Waals surface area contributed by atoms with Crippen LogP contribution in [0.5, 0.6) is 0 Å². The van der Waals surface area contributed by atoms with Crippen molar-refractivity contribution in [2.75, 3.05) is 30.9 Å². The first-order valence-electron chi connectivity index (χ1n) is 9.19. The van der Waals surface area contributed by atoms with E-state index in [0.29, 0.717) is 47.9 Å². The minimum Gasteiger partial charge on any atom is -0.377 e. The molecule has 4 heterocycles. The van der Waals surface area contributed by atoms with Crippen molar-refractivity contribution in [2.45, 2.75) is 31.6 Å². The van der Waals surface area contributed by atoms with Gasteiger partial charge in [-0.3, -0.25) is 0 Å². The van der Waals surface area contributed by atoms with Gasteiger partial charge in [0.1, 0.15) is 11.3 Å². The summed E-state index contributed by atoms with van der Waals surface area (Å²) in [5, 5.41) is 4.19. The SMILES string of the molecule is C[C@@H]1COCCN1c1cc(C(C)(C)S(C)(=O)=O)c2onc(-c3ccc[nH]3)c2n1. The van der Waals surface area contributed by atoms with Crippen LogP contribution in [-0.4, -0.2) is 55.6 Å². The van der Waals surface area contributed by atoms with E-state index in [-0.39, 0.29) is 6.04 Å². The number of H-pyrrole nitrogens is 1. The van der Waals surface area contributed by atoms with E-state index in [9.17, 15) is 8.42 Å². The van der Waals surface area contributed by atoms with E-state index < -0.39 is 14.6 Å². The molecule has 1 saturated heterocycles. The second-order valence-electron chi connectivity index (χ2n) is 7.72. The van der Waals surface area contributed by atoms with Crippen LogP contribution in [0.25, 0.3) is 22.5 Å². The molecule has 8 nitrogen and oxygen atoms in total. The zero-order valence-corrected chi connectivity index (χ0v) is 17.2. The predicted molar refractivity (Wildman–Crippen MR) is 107 cm³/mol. The number of pyridine rings is 1. The molecule has 0 saturated carbocycles. The monoisotopic (exact) mass is 404 g/mol. The van der Waals surface area contributed by atoms with Gasteiger partial charge in [0.25, 0.3) is 0 Å². The zero-order chi connectivity index (χ0) is 20.1. The molecule has 0 spiro atoms. The molecule has 0 amide bonds. The van der Waals surface area contributed by atoms with Gasteiger partial charge in [0.2, 0.25) is 0 Å². The van der Waals surface area contributed by atoms with Crippen LogP contribution in [-0.2, 0) is 19.3 Å². The highest BCUT2D eigenvalue weighted by molar-refractivity contribution is 7.91. The molecule has 1 aliphatic rings. The van der Waals surface area contributed by atoms with Crippen molar-refractivity contribution in [3.63, 3.8) is 0 Å². The molecule has 4 rings (SSSR count). The van der Waals surface area contributed by atoms with Gasteiger partial charge >= 0.3 is 0 Å². The van der Waals surface area contributed by atoms with E-state index in [1.54, 1.807) is 20.0 Å². The predicted octanol–water partition coefficient (Wildman–Crippen LogP) is 2.72. The Hall–Kier alpha value is -2.39. The van der Waals surface area contributed by atoms with Crippen molar-refractivity contribution < 1.29 is 17.7 Å². The third kappa shape index (κ3) is 2.98. The number of ether oxygens (including phenoxy) is 1. The minimum atomic E-state index is -3.42. The number of fused-ring (bicyclic) bond motifs is 1. The molecular formula is C19H24N4O4S. The van der Waals surface area contributed by atoms with E-state index in [1.165, 1.54) is 6.26 Å². The fourth-order valence-electron chi connectivity index (χ4n) is 3.42. The van der Waals surface area contributed by atoms with Crippen molar-refractivity contribution in [2.24, 2.45) is 0 Å². The highest BCUT2D eigenvalue weighted by Crippen LogP contribution is 2.39. The largest absolute Gasteiger partial charge is 0.377 e. The quantitative estimate of drug-likeness (QED) is 0.713. The van der Waals surface area contributed by atoms with Crippen LogP contribution in [0.15, 0.2) is 28.9 Å². The van der Waals surface area contributed by atoms with Gasteiger partial charge in [-0.2, -0.15) is 0 Å². The van der Waals surface area contributed by atoms with Crippen LogP contribution in [0.2, 0.25) is 0 Å². The lowest BCUT2D eigenvalue weighted by Crippen LogP contribution is -2.44. The summed E-state index contributed by atoms with van der Waals surface area (Å²) in [5.74, 6) is 0.700. The Kier molecular flexibility index (Phi) is 4.46. The first kappa shape index (κ1) is 18.9. The molecule has 0 aromatic carbocycles. The molecule has 1 aliphatic heterocycles. The molecule has 0 unspecified atom stereocenters. The Bertz CT molecular complexity index is 1100. The van der Waals surface area contributed by atoms with Gasteiger partial charge in [0.15, 0.2) is 21.1 Å². The maximum absolute atomic E-state index is 12.6. The molecule has 3 aromatic heterocycles. The highest BCUT2D eigenvalue weighted by atomic mass is 32.2. The van der Waals surface area contributed by atoms with E-state index in [2.05, 4.69) is 22.0 Å². The maximum atomic E-state index is 12.6. The molecule has 1 N–H and O–H groups in total. The molecule has 1 atom stereocenters. The Labute approximate surface area is 163 Å². The smallest absolute Gasteiger partial charge is 0.190 e. The number of hydrogen-bond acceptors (Lipinski definition) is 7. The number of sulfone groups is 1. The summed E-state index contributed by atoms with van der Waals surface area (Å²) in [6, 6.07) is 5.69. The fourth-order valence-corrected chi connectivity index (χ4v) is 3.97. The summed E-state index contributed by atoms with van der Waals surface area (Å²) in [4.78, 5) is 10.1. The lowest BCUT2D eigenvalue weighted by molar-refractivity contribution is 0.0985. The van der Waals surface area contributed by atoms with E-state index >= 15 is 0 Å². The average Bonchev–Trinajstić information content (AvgIpc) is 3.29. The summed E-state index contributed by atoms with van der Waals surface area (Å²) in [7, 11) is -3.42. The molecule has 1 fully saturated rings. The van der Waals surface area contributed by atoms with Crippen molar-refractivity contribution in [3.8, 4) is 11.4 Å². The Balaban J connectivity index is 1.99. The number of nitrogens with zero attached hydrogens (tertiary/aromatic N) is 3. The first-order chi connectivity index (χ1) is 13.2. The summed E-state index contributed by atoms with van der Waals surface area (Å²) >= 11 is 0. The summed E-state index contributed by atoms with van der Waals surface area (Å²) in [6.45, 7) is 7.30. The van der Waals surface area contributed by atoms with Crippen molar-refractivity contribution >= 4 is 26.8 Å². The van der Waals surface area contributed by atoms with Crippen LogP contribution in [0, 0.1) is 0 Å². The van der Waals surface area contributed by atoms with Crippen molar-refractivity contribution in [3.05, 3.63) is 30.0 Å². The molecule has 0 bridgehead atoms. The fraction of sp³-hybridized carbons (Fsp3) is 0.474. The molecule has 9 heteroatoms. The first-order valence-corrected chi connectivity index (χ1v) is 11.1. The van der Waals surface area contributed by atoms with Crippen LogP contribution in [0.4, 0.5) is 5.82 Å². The van der Waals surface area contributed by atoms with Gasteiger partial charge in [-0.15, -0.1) is 0 Å². The van der Waals surface area contributed by atoms with Crippen LogP contribution in [0.1, 0.15) is 26.3 Å². The second kappa shape index (κ2) is 6.59. The summed E-state index contributed by atoms with van der Waals surface area (Å²) in [5.41, 5.74) is 2.82. The number of aromatic nitrogens is 3. The number of anilines is 1. The number of aromatic amines is 1. The number of rotatable bonds is 4. The van der Waals surface area contributed by atoms with Gasteiger partial charge in [-0.25, -0.2) is 13.4 Å². The highest BCUT2D eigenvalue weighted by Gasteiger charge is 2.37. The molecule has 0 radical (unpaired) electrons. The van der Waals surface area contributed by atoms with Gasteiger partial charge < -0.3 is 19.1 Å². The van der Waals surface area contributed by atoms with Gasteiger partial charge in [-0.1, -0.05) is 5.16 Å². The van der Waals surface area contributed by atoms with Crippen LogP contribution >= 0.6 is 0 Å². The van der Waals surface area contributed by atoms with E-state index in [0.717, 1.165) is 5.69 Å². The van der Waals surface area contributed by atoms with Gasteiger partial charge in [-0.05, 0) is 39.0 Å². The van der Waals surface area contributed by atoms with Crippen molar-refractivity contribution in [1.29, 1.82) is 0 Å². The Morgan fingerprint density at radius 2 is 2.14 bits per heavy atom. The average molecular weight is 404 g/mol. The molecule has 0 aliphatic carbocycles. The Morgan fingerprint density at radius 3 is 2.79 bits per heavy atom. The molecule has 28 heavy (non-hydrogen) atoms. The van der Waals surface area contributed by atoms with Gasteiger partial charge in [0, 0.05) is 24.6 Å².